The van der Waals surface area contributed by atoms with Gasteiger partial charge >= 0.3 is 0 Å². The van der Waals surface area contributed by atoms with E-state index in [0.29, 0.717) is 5.56 Å². The van der Waals surface area contributed by atoms with Crippen LogP contribution >= 0.6 is 0 Å². The molecule has 6 heteroatoms. The van der Waals surface area contributed by atoms with Crippen molar-refractivity contribution in [2.45, 2.75) is 24.5 Å². The molecule has 3 atom stereocenters. The maximum absolute atomic E-state index is 12.3. The number of hydrogen-bond donors (Lipinski definition) is 2. The summed E-state index contributed by atoms with van der Waals surface area (Å²) >= 11 is 0. The number of carbonyl (C=O) groups is 1. The van der Waals surface area contributed by atoms with Crippen LogP contribution in [-0.2, 0) is 4.79 Å². The van der Waals surface area contributed by atoms with Crippen molar-refractivity contribution >= 4 is 5.91 Å². The molecule has 1 aliphatic carbocycles. The van der Waals surface area contributed by atoms with Gasteiger partial charge in [0.2, 0.25) is 5.91 Å². The fourth-order valence-electron chi connectivity index (χ4n) is 3.71. The molecule has 0 radical (unpaired) electrons. The number of fused-ring (bicyclic) bond motifs is 2. The molecule has 0 spiro atoms. The maximum Gasteiger partial charge on any atom is 0.245 e. The van der Waals surface area contributed by atoms with E-state index in [4.69, 9.17) is 0 Å². The summed E-state index contributed by atoms with van der Waals surface area (Å²) in [5, 5.41) is 41.9. The van der Waals surface area contributed by atoms with Crippen LogP contribution in [0.5, 0.6) is 0 Å². The van der Waals surface area contributed by atoms with Crippen molar-refractivity contribution < 1.29 is 9.90 Å². The van der Waals surface area contributed by atoms with E-state index in [1.807, 2.05) is 18.2 Å². The Labute approximate surface area is 127 Å². The first-order chi connectivity index (χ1) is 10.5. The number of hydrogen-bond acceptors (Lipinski definition) is 5. The molecule has 2 aliphatic rings. The largest absolute Gasteiger partial charge is 0.371 e. The predicted molar refractivity (Wildman–Crippen MR) is 73.2 cm³/mol. The van der Waals surface area contributed by atoms with Gasteiger partial charge in [-0.3, -0.25) is 4.79 Å². The number of rotatable bonds is 1. The third-order valence-corrected chi connectivity index (χ3v) is 4.77. The predicted octanol–water partition coefficient (Wildman–Crippen LogP) is 0.926. The van der Waals surface area contributed by atoms with Crippen molar-refractivity contribution in [3.05, 3.63) is 35.9 Å². The molecule has 1 saturated heterocycles. The number of amides is 1. The van der Waals surface area contributed by atoms with Gasteiger partial charge in [0.1, 0.15) is 5.72 Å². The fourth-order valence-corrected chi connectivity index (χ4v) is 3.71. The summed E-state index contributed by atoms with van der Waals surface area (Å²) in [4.78, 5) is 12.3. The van der Waals surface area contributed by atoms with Crippen LogP contribution in [0.25, 0.3) is 0 Å². The Balaban J connectivity index is 2.29. The van der Waals surface area contributed by atoms with Crippen LogP contribution in [0.3, 0.4) is 0 Å². The Morgan fingerprint density at radius 2 is 1.77 bits per heavy atom. The number of aliphatic hydroxyl groups is 1. The van der Waals surface area contributed by atoms with E-state index in [1.165, 1.54) is 0 Å². The van der Waals surface area contributed by atoms with Gasteiger partial charge < -0.3 is 10.4 Å². The maximum atomic E-state index is 12.3. The quantitative estimate of drug-likeness (QED) is 0.797. The van der Waals surface area contributed by atoms with Crippen molar-refractivity contribution in [3.63, 3.8) is 0 Å². The Hall–Kier alpha value is -2.88. The average molecular weight is 292 g/mol. The summed E-state index contributed by atoms with van der Waals surface area (Å²) in [6.45, 7) is 0. The smallest absolute Gasteiger partial charge is 0.245 e. The van der Waals surface area contributed by atoms with Crippen LogP contribution < -0.4 is 5.32 Å². The van der Waals surface area contributed by atoms with Crippen LogP contribution in [0.1, 0.15) is 24.3 Å². The van der Waals surface area contributed by atoms with Gasteiger partial charge in [-0.1, -0.05) is 30.3 Å². The molecule has 1 aliphatic heterocycles. The highest BCUT2D eigenvalue weighted by molar-refractivity contribution is 5.91. The van der Waals surface area contributed by atoms with E-state index in [0.717, 1.165) is 0 Å². The van der Waals surface area contributed by atoms with E-state index < -0.39 is 28.4 Å². The average Bonchev–Trinajstić information content (AvgIpc) is 2.77. The zero-order valence-corrected chi connectivity index (χ0v) is 11.6. The van der Waals surface area contributed by atoms with Crippen molar-refractivity contribution in [2.24, 2.45) is 10.8 Å². The van der Waals surface area contributed by atoms with Gasteiger partial charge in [-0.15, -0.1) is 0 Å². The van der Waals surface area contributed by atoms with Crippen molar-refractivity contribution in [1.82, 2.24) is 5.32 Å². The Bertz CT molecular complexity index is 756. The van der Waals surface area contributed by atoms with Gasteiger partial charge in [0.25, 0.3) is 0 Å². The van der Waals surface area contributed by atoms with Crippen LogP contribution in [0.15, 0.2) is 30.3 Å². The molecule has 108 valence electrons. The Morgan fingerprint density at radius 1 is 1.14 bits per heavy atom. The SMILES string of the molecule is N#CC1(C#N)[C@H](c2ccccc2)C[C@]2(O)C[C@@]1(C#N)C(=O)N2. The van der Waals surface area contributed by atoms with Gasteiger partial charge in [-0.05, 0) is 5.56 Å². The first-order valence-electron chi connectivity index (χ1n) is 6.81. The van der Waals surface area contributed by atoms with Crippen molar-refractivity contribution in [2.75, 3.05) is 0 Å². The van der Waals surface area contributed by atoms with Gasteiger partial charge in [0.15, 0.2) is 10.8 Å². The van der Waals surface area contributed by atoms with Gasteiger partial charge in [-0.2, -0.15) is 15.8 Å². The summed E-state index contributed by atoms with van der Waals surface area (Å²) in [5.41, 5.74) is -4.62. The molecule has 2 bridgehead atoms. The number of nitrogens with one attached hydrogen (secondary N) is 1. The zero-order chi connectivity index (χ0) is 16.0. The number of carbonyl (C=O) groups excluding carboxylic acids is 1. The Morgan fingerprint density at radius 3 is 2.32 bits per heavy atom. The highest BCUT2D eigenvalue weighted by Gasteiger charge is 2.73. The molecule has 2 fully saturated rings. The molecule has 1 heterocycles. The molecule has 3 rings (SSSR count). The lowest BCUT2D eigenvalue weighted by molar-refractivity contribution is -0.128. The summed E-state index contributed by atoms with van der Waals surface area (Å²) in [6, 6.07) is 14.5. The Kier molecular flexibility index (Phi) is 2.75. The minimum atomic E-state index is -1.87. The number of nitriles is 3. The second kappa shape index (κ2) is 4.31. The topological polar surface area (TPSA) is 121 Å². The third-order valence-electron chi connectivity index (χ3n) is 4.77. The molecule has 6 nitrogen and oxygen atoms in total. The van der Waals surface area contributed by atoms with Gasteiger partial charge in [0.05, 0.1) is 18.2 Å². The number of benzene rings is 1. The lowest BCUT2D eigenvalue weighted by Crippen LogP contribution is -2.52. The monoisotopic (exact) mass is 292 g/mol. The highest BCUT2D eigenvalue weighted by atomic mass is 16.3. The van der Waals surface area contributed by atoms with Crippen LogP contribution in [0.4, 0.5) is 0 Å². The molecule has 1 aromatic carbocycles. The van der Waals surface area contributed by atoms with E-state index >= 15 is 0 Å². The standard InChI is InChI=1S/C16H12N4O2/c17-8-14-7-16(22,20-13(14)21)6-12(15(14,9-18)10-19)11-4-2-1-3-5-11/h1-5,12,22H,6-7H2,(H,20,21)/t12-,14+,16-/m0/s1. The molecule has 0 unspecified atom stereocenters. The normalized spacial score (nSPS) is 34.8. The summed E-state index contributed by atoms with van der Waals surface area (Å²) < 4.78 is 0. The van der Waals surface area contributed by atoms with Crippen molar-refractivity contribution in [1.29, 1.82) is 15.8 Å². The van der Waals surface area contributed by atoms with Crippen LogP contribution in [0.2, 0.25) is 0 Å². The second-order valence-electron chi connectivity index (χ2n) is 5.88. The molecule has 1 amide bonds. The minimum absolute atomic E-state index is 0.0211. The van der Waals surface area contributed by atoms with E-state index in [9.17, 15) is 25.7 Å². The minimum Gasteiger partial charge on any atom is -0.371 e. The lowest BCUT2D eigenvalue weighted by atomic mass is 9.51. The first kappa shape index (κ1) is 14.1. The van der Waals surface area contributed by atoms with E-state index in [1.54, 1.807) is 30.3 Å². The molecule has 1 saturated carbocycles. The zero-order valence-electron chi connectivity index (χ0n) is 11.6. The van der Waals surface area contributed by atoms with E-state index in [2.05, 4.69) is 5.32 Å². The fraction of sp³-hybridized carbons (Fsp3) is 0.375. The number of nitrogens with zero attached hydrogens (tertiary/aromatic N) is 3. The summed E-state index contributed by atoms with van der Waals surface area (Å²) in [6.07, 6.45) is -0.229. The first-order valence-corrected chi connectivity index (χ1v) is 6.81. The van der Waals surface area contributed by atoms with Crippen LogP contribution in [-0.4, -0.2) is 16.7 Å². The molecular weight excluding hydrogens is 280 g/mol. The third kappa shape index (κ3) is 1.46. The van der Waals surface area contributed by atoms with Gasteiger partial charge in [0, 0.05) is 18.8 Å². The summed E-state index contributed by atoms with van der Waals surface area (Å²) in [7, 11) is 0. The molecule has 1 aromatic rings. The van der Waals surface area contributed by atoms with Crippen molar-refractivity contribution in [3.8, 4) is 18.2 Å². The molecule has 2 N–H and O–H groups in total. The highest BCUT2D eigenvalue weighted by Crippen LogP contribution is 2.62. The summed E-state index contributed by atoms with van der Waals surface area (Å²) in [5.74, 6) is -1.49. The van der Waals surface area contributed by atoms with Gasteiger partial charge in [-0.25, -0.2) is 0 Å². The lowest BCUT2D eigenvalue weighted by Gasteiger charge is -2.43. The van der Waals surface area contributed by atoms with Crippen LogP contribution in [0, 0.1) is 44.8 Å². The van der Waals surface area contributed by atoms with E-state index in [-0.39, 0.29) is 12.8 Å². The molecular formula is C16H12N4O2. The molecule has 0 aromatic heterocycles. The second-order valence-corrected chi connectivity index (χ2v) is 5.88. The molecule has 22 heavy (non-hydrogen) atoms.